The van der Waals surface area contributed by atoms with E-state index in [2.05, 4.69) is 20.2 Å². The van der Waals surface area contributed by atoms with E-state index in [9.17, 15) is 9.59 Å². The van der Waals surface area contributed by atoms with Crippen LogP contribution in [0.1, 0.15) is 28.0 Å². The molecule has 2 aromatic rings. The first-order valence-corrected chi connectivity index (χ1v) is 7.99. The highest BCUT2D eigenvalue weighted by Gasteiger charge is 2.12. The Bertz CT molecular complexity index is 781. The van der Waals surface area contributed by atoms with Crippen molar-refractivity contribution in [3.05, 3.63) is 51.6 Å². The van der Waals surface area contributed by atoms with Crippen LogP contribution in [0.5, 0.6) is 0 Å². The molecule has 0 saturated heterocycles. The monoisotopic (exact) mass is 328 g/mol. The van der Waals surface area contributed by atoms with Crippen LogP contribution in [0.25, 0.3) is 11.3 Å². The van der Waals surface area contributed by atoms with Crippen molar-refractivity contribution < 1.29 is 4.79 Å². The van der Waals surface area contributed by atoms with Crippen LogP contribution in [-0.2, 0) is 0 Å². The van der Waals surface area contributed by atoms with Crippen LogP contribution in [-0.4, -0.2) is 48.0 Å². The number of rotatable bonds is 6. The van der Waals surface area contributed by atoms with Gasteiger partial charge in [-0.1, -0.05) is 17.7 Å². The second-order valence-electron chi connectivity index (χ2n) is 6.22. The average Bonchev–Trinajstić information content (AvgIpc) is 2.52. The van der Waals surface area contributed by atoms with E-state index in [1.807, 2.05) is 46.1 Å². The summed E-state index contributed by atoms with van der Waals surface area (Å²) >= 11 is 0. The standard InChI is InChI=1S/C18H24N4O2/c1-12-6-7-13(2)14(10-12)15-11-16(21-18(24)20-15)17(23)19-8-5-9-22(3)4/h6-7,10-11H,5,8-9H2,1-4H3,(H,19,23)(H,20,21,24). The molecule has 1 amide bonds. The smallest absolute Gasteiger partial charge is 0.346 e. The molecule has 0 aliphatic carbocycles. The quantitative estimate of drug-likeness (QED) is 0.792. The third kappa shape index (κ3) is 4.76. The predicted molar refractivity (Wildman–Crippen MR) is 95.3 cm³/mol. The molecule has 0 fully saturated rings. The second kappa shape index (κ2) is 7.88. The number of H-pyrrole nitrogens is 1. The lowest BCUT2D eigenvalue weighted by molar-refractivity contribution is 0.0947. The van der Waals surface area contributed by atoms with Crippen molar-refractivity contribution in [2.24, 2.45) is 0 Å². The maximum absolute atomic E-state index is 12.3. The van der Waals surface area contributed by atoms with Crippen LogP contribution in [0.15, 0.2) is 29.1 Å². The van der Waals surface area contributed by atoms with Crippen molar-refractivity contribution in [2.75, 3.05) is 27.2 Å². The zero-order valence-electron chi connectivity index (χ0n) is 14.6. The summed E-state index contributed by atoms with van der Waals surface area (Å²) in [6.07, 6.45) is 0.845. The highest BCUT2D eigenvalue weighted by molar-refractivity contribution is 5.93. The van der Waals surface area contributed by atoms with Gasteiger partial charge in [-0.15, -0.1) is 0 Å². The third-order valence-electron chi connectivity index (χ3n) is 3.73. The molecule has 24 heavy (non-hydrogen) atoms. The number of aryl methyl sites for hydroxylation is 2. The normalized spacial score (nSPS) is 10.9. The first kappa shape index (κ1) is 17.9. The lowest BCUT2D eigenvalue weighted by Crippen LogP contribution is -2.29. The number of hydrogen-bond donors (Lipinski definition) is 2. The summed E-state index contributed by atoms with van der Waals surface area (Å²) in [7, 11) is 3.97. The minimum Gasteiger partial charge on any atom is -0.351 e. The first-order chi connectivity index (χ1) is 11.4. The second-order valence-corrected chi connectivity index (χ2v) is 6.22. The van der Waals surface area contributed by atoms with Crippen molar-refractivity contribution in [1.82, 2.24) is 20.2 Å². The molecule has 0 aliphatic heterocycles. The molecule has 2 rings (SSSR count). The number of carbonyl (C=O) groups excluding carboxylic acids is 1. The fraction of sp³-hybridized carbons (Fsp3) is 0.389. The Morgan fingerprint density at radius 2 is 2.00 bits per heavy atom. The Hall–Kier alpha value is -2.47. The van der Waals surface area contributed by atoms with Crippen molar-refractivity contribution in [2.45, 2.75) is 20.3 Å². The van der Waals surface area contributed by atoms with Gasteiger partial charge in [-0.05, 0) is 58.6 Å². The van der Waals surface area contributed by atoms with Crippen molar-refractivity contribution >= 4 is 5.91 Å². The van der Waals surface area contributed by atoms with Gasteiger partial charge in [0.15, 0.2) is 0 Å². The van der Waals surface area contributed by atoms with Crippen molar-refractivity contribution in [3.63, 3.8) is 0 Å². The molecule has 0 atom stereocenters. The molecule has 0 spiro atoms. The Balaban J connectivity index is 2.21. The SMILES string of the molecule is Cc1ccc(C)c(-c2cc(C(=O)NCCCN(C)C)[nH]c(=O)n2)c1. The van der Waals surface area contributed by atoms with E-state index >= 15 is 0 Å². The van der Waals surface area contributed by atoms with Gasteiger partial charge in [0.05, 0.1) is 5.69 Å². The summed E-state index contributed by atoms with van der Waals surface area (Å²) in [5.41, 5.74) is 3.17. The Morgan fingerprint density at radius 1 is 1.25 bits per heavy atom. The van der Waals surface area contributed by atoms with Gasteiger partial charge in [-0.3, -0.25) is 4.79 Å². The summed E-state index contributed by atoms with van der Waals surface area (Å²) in [6.45, 7) is 5.38. The molecule has 0 radical (unpaired) electrons. The van der Waals surface area contributed by atoms with E-state index in [0.29, 0.717) is 12.2 Å². The minimum absolute atomic E-state index is 0.232. The van der Waals surface area contributed by atoms with Crippen LogP contribution in [0.3, 0.4) is 0 Å². The molecule has 0 unspecified atom stereocenters. The molecule has 0 aliphatic rings. The highest BCUT2D eigenvalue weighted by Crippen LogP contribution is 2.22. The lowest BCUT2D eigenvalue weighted by atomic mass is 10.0. The van der Waals surface area contributed by atoms with Gasteiger partial charge in [0.2, 0.25) is 0 Å². The van der Waals surface area contributed by atoms with Crippen LogP contribution in [0, 0.1) is 13.8 Å². The van der Waals surface area contributed by atoms with E-state index in [1.54, 1.807) is 6.07 Å². The van der Waals surface area contributed by atoms with Gasteiger partial charge in [0.1, 0.15) is 5.69 Å². The average molecular weight is 328 g/mol. The number of carbonyl (C=O) groups is 1. The Labute approximate surface area is 141 Å². The Kier molecular flexibility index (Phi) is 5.87. The van der Waals surface area contributed by atoms with Gasteiger partial charge >= 0.3 is 5.69 Å². The molecule has 2 N–H and O–H groups in total. The maximum Gasteiger partial charge on any atom is 0.346 e. The van der Waals surface area contributed by atoms with Gasteiger partial charge < -0.3 is 15.2 Å². The van der Waals surface area contributed by atoms with E-state index in [1.165, 1.54) is 0 Å². The summed E-state index contributed by atoms with van der Waals surface area (Å²) in [5, 5.41) is 2.82. The molecule has 1 aromatic heterocycles. The van der Waals surface area contributed by atoms with Crippen LogP contribution in [0.4, 0.5) is 0 Å². The summed E-state index contributed by atoms with van der Waals surface area (Å²) in [6, 6.07) is 7.58. The number of hydrogen-bond acceptors (Lipinski definition) is 4. The topological polar surface area (TPSA) is 78.1 Å². The van der Waals surface area contributed by atoms with E-state index in [-0.39, 0.29) is 11.6 Å². The molecule has 128 valence electrons. The van der Waals surface area contributed by atoms with Gasteiger partial charge in [0, 0.05) is 12.1 Å². The van der Waals surface area contributed by atoms with Gasteiger partial charge in [0.25, 0.3) is 5.91 Å². The van der Waals surface area contributed by atoms with Crippen LogP contribution in [0.2, 0.25) is 0 Å². The summed E-state index contributed by atoms with van der Waals surface area (Å²) in [5.74, 6) is -0.292. The zero-order valence-corrected chi connectivity index (χ0v) is 14.6. The largest absolute Gasteiger partial charge is 0.351 e. The molecular weight excluding hydrogens is 304 g/mol. The number of nitrogens with one attached hydrogen (secondary N) is 2. The highest BCUT2D eigenvalue weighted by atomic mass is 16.2. The molecule has 0 bridgehead atoms. The van der Waals surface area contributed by atoms with Gasteiger partial charge in [-0.25, -0.2) is 4.79 Å². The number of amides is 1. The number of aromatic amines is 1. The number of nitrogens with zero attached hydrogens (tertiary/aromatic N) is 2. The summed E-state index contributed by atoms with van der Waals surface area (Å²) in [4.78, 5) is 32.7. The van der Waals surface area contributed by atoms with Crippen LogP contribution >= 0.6 is 0 Å². The minimum atomic E-state index is -0.521. The molecular formula is C18H24N4O2. The van der Waals surface area contributed by atoms with E-state index in [4.69, 9.17) is 0 Å². The molecule has 0 saturated carbocycles. The number of aromatic nitrogens is 2. The maximum atomic E-state index is 12.3. The van der Waals surface area contributed by atoms with Crippen molar-refractivity contribution in [3.8, 4) is 11.3 Å². The van der Waals surface area contributed by atoms with Gasteiger partial charge in [-0.2, -0.15) is 4.98 Å². The predicted octanol–water partition coefficient (Wildman–Crippen LogP) is 1.74. The number of benzene rings is 1. The first-order valence-electron chi connectivity index (χ1n) is 7.99. The van der Waals surface area contributed by atoms with Crippen molar-refractivity contribution in [1.29, 1.82) is 0 Å². The van der Waals surface area contributed by atoms with E-state index in [0.717, 1.165) is 29.7 Å². The Morgan fingerprint density at radius 3 is 2.71 bits per heavy atom. The molecule has 1 heterocycles. The fourth-order valence-electron chi connectivity index (χ4n) is 2.42. The molecule has 1 aromatic carbocycles. The third-order valence-corrected chi connectivity index (χ3v) is 3.73. The van der Waals surface area contributed by atoms with E-state index < -0.39 is 5.69 Å². The lowest BCUT2D eigenvalue weighted by Gasteiger charge is -2.10. The molecule has 6 nitrogen and oxygen atoms in total. The zero-order chi connectivity index (χ0) is 17.7. The van der Waals surface area contributed by atoms with Crippen LogP contribution < -0.4 is 11.0 Å². The summed E-state index contributed by atoms with van der Waals surface area (Å²) < 4.78 is 0. The fourth-order valence-corrected chi connectivity index (χ4v) is 2.42. The molecule has 6 heteroatoms.